The summed E-state index contributed by atoms with van der Waals surface area (Å²) in [5.74, 6) is -1.45. The molecule has 1 aliphatic heterocycles. The van der Waals surface area contributed by atoms with Gasteiger partial charge in [0.05, 0.1) is 12.3 Å². The van der Waals surface area contributed by atoms with E-state index in [9.17, 15) is 19.8 Å². The molecule has 0 saturated heterocycles. The molecule has 2 aliphatic rings. The van der Waals surface area contributed by atoms with Crippen LogP contribution in [-0.4, -0.2) is 47.1 Å². The number of nitrogens with zero attached hydrogens (tertiary/aromatic N) is 1. The second-order valence-corrected chi connectivity index (χ2v) is 8.31. The molecule has 0 bridgehead atoms. The van der Waals surface area contributed by atoms with Gasteiger partial charge in [0.2, 0.25) is 0 Å². The lowest BCUT2D eigenvalue weighted by atomic mass is 9.95. The fourth-order valence-corrected chi connectivity index (χ4v) is 3.99. The number of amides is 1. The molecule has 3 rings (SSSR count). The number of hydrogen-bond donors (Lipinski definition) is 3. The van der Waals surface area contributed by atoms with Crippen molar-refractivity contribution in [3.63, 3.8) is 0 Å². The molecule has 0 spiro atoms. The van der Waals surface area contributed by atoms with Crippen molar-refractivity contribution in [1.29, 1.82) is 0 Å². The Morgan fingerprint density at radius 1 is 1.09 bits per heavy atom. The maximum absolute atomic E-state index is 12.6. The Kier molecular flexibility index (Phi) is 9.35. The van der Waals surface area contributed by atoms with E-state index in [0.29, 0.717) is 17.7 Å². The predicted octanol–water partition coefficient (Wildman–Crippen LogP) is 3.91. The van der Waals surface area contributed by atoms with E-state index >= 15 is 0 Å². The van der Waals surface area contributed by atoms with E-state index in [0.717, 1.165) is 44.6 Å². The summed E-state index contributed by atoms with van der Waals surface area (Å²) in [6.45, 7) is -0.0259. The van der Waals surface area contributed by atoms with Crippen LogP contribution in [0.4, 0.5) is 0 Å². The van der Waals surface area contributed by atoms with Gasteiger partial charge in [0.1, 0.15) is 17.1 Å². The highest BCUT2D eigenvalue weighted by atomic mass is 16.6. The zero-order chi connectivity index (χ0) is 23.5. The first-order valence-electron chi connectivity index (χ1n) is 11.5. The number of rotatable bonds is 4. The number of oxime groups is 1. The first-order chi connectivity index (χ1) is 16.0. The standard InChI is InChI=1S/C25H32N2O6/c28-21-15-18-14-20(27-33-17-23(30)26-19-10-7-5-8-11-19)12-6-3-1-2-4-9-13-32-25(31)24(18)22(29)16-21/h2,4,6,12,15-16,19,28-29H,1,3,5,7-11,13-14,17H2,(H,26,30)/b4-2+,12-6+,27-20?. The lowest BCUT2D eigenvalue weighted by molar-refractivity contribution is -0.126. The Bertz CT molecular complexity index is 916. The van der Waals surface area contributed by atoms with Crippen molar-refractivity contribution in [2.75, 3.05) is 13.2 Å². The number of aromatic hydroxyl groups is 2. The van der Waals surface area contributed by atoms with Crippen LogP contribution in [0.15, 0.2) is 41.6 Å². The van der Waals surface area contributed by atoms with Gasteiger partial charge in [0.15, 0.2) is 6.61 Å². The minimum absolute atomic E-state index is 0.0232. The van der Waals surface area contributed by atoms with E-state index < -0.39 is 5.97 Å². The molecule has 1 fully saturated rings. The largest absolute Gasteiger partial charge is 0.508 e. The molecule has 0 radical (unpaired) electrons. The molecule has 1 amide bonds. The van der Waals surface area contributed by atoms with Gasteiger partial charge in [-0.1, -0.05) is 42.6 Å². The fraction of sp³-hybridized carbons (Fsp3) is 0.480. The summed E-state index contributed by atoms with van der Waals surface area (Å²) < 4.78 is 5.28. The first-order valence-corrected chi connectivity index (χ1v) is 11.5. The SMILES string of the molecule is O=C(CON=C1/C=C/CC/C=C/CCOC(=O)c2c(O)cc(O)cc2C1)NC1CCCCC1. The van der Waals surface area contributed by atoms with Crippen molar-refractivity contribution in [3.8, 4) is 11.5 Å². The molecular weight excluding hydrogens is 424 g/mol. The number of cyclic esters (lactones) is 1. The molecule has 33 heavy (non-hydrogen) atoms. The monoisotopic (exact) mass is 456 g/mol. The maximum Gasteiger partial charge on any atom is 0.342 e. The summed E-state index contributed by atoms with van der Waals surface area (Å²) >= 11 is 0. The van der Waals surface area contributed by atoms with Gasteiger partial charge < -0.3 is 25.1 Å². The number of nitrogens with one attached hydrogen (secondary N) is 1. The van der Waals surface area contributed by atoms with Gasteiger partial charge in [0, 0.05) is 18.5 Å². The van der Waals surface area contributed by atoms with Gasteiger partial charge in [-0.15, -0.1) is 0 Å². The Morgan fingerprint density at radius 2 is 1.85 bits per heavy atom. The normalized spacial score (nSPS) is 21.3. The van der Waals surface area contributed by atoms with E-state index in [1.54, 1.807) is 6.08 Å². The van der Waals surface area contributed by atoms with Gasteiger partial charge >= 0.3 is 5.97 Å². The Labute approximate surface area is 194 Å². The first kappa shape index (κ1) is 24.4. The van der Waals surface area contributed by atoms with Gasteiger partial charge in [-0.25, -0.2) is 4.79 Å². The summed E-state index contributed by atoms with van der Waals surface area (Å²) in [6, 6.07) is 2.68. The average molecular weight is 457 g/mol. The highest BCUT2D eigenvalue weighted by molar-refractivity contribution is 6.00. The quantitative estimate of drug-likeness (QED) is 0.359. The third-order valence-corrected chi connectivity index (χ3v) is 5.60. The van der Waals surface area contributed by atoms with Crippen LogP contribution in [0.25, 0.3) is 0 Å². The zero-order valence-corrected chi connectivity index (χ0v) is 18.8. The van der Waals surface area contributed by atoms with E-state index in [-0.39, 0.29) is 48.6 Å². The van der Waals surface area contributed by atoms with Crippen molar-refractivity contribution >= 4 is 17.6 Å². The number of esters is 1. The summed E-state index contributed by atoms with van der Waals surface area (Å²) in [7, 11) is 0. The molecule has 3 N–H and O–H groups in total. The van der Waals surface area contributed by atoms with Crippen LogP contribution in [0.1, 0.15) is 67.3 Å². The number of benzene rings is 1. The zero-order valence-electron chi connectivity index (χ0n) is 18.8. The molecule has 1 saturated carbocycles. The molecule has 0 atom stereocenters. The molecule has 1 aliphatic carbocycles. The summed E-state index contributed by atoms with van der Waals surface area (Å²) in [4.78, 5) is 30.1. The highest BCUT2D eigenvalue weighted by Gasteiger charge is 2.21. The van der Waals surface area contributed by atoms with Crippen LogP contribution in [-0.2, 0) is 20.8 Å². The molecule has 1 aromatic carbocycles. The molecule has 0 aromatic heterocycles. The summed E-state index contributed by atoms with van der Waals surface area (Å²) in [5, 5.41) is 27.3. The van der Waals surface area contributed by atoms with Gasteiger partial charge in [-0.2, -0.15) is 0 Å². The van der Waals surface area contributed by atoms with E-state index in [4.69, 9.17) is 9.57 Å². The minimum atomic E-state index is -0.677. The number of phenols is 2. The summed E-state index contributed by atoms with van der Waals surface area (Å²) in [5.41, 5.74) is 0.772. The number of ether oxygens (including phenoxy) is 1. The number of allylic oxidation sites excluding steroid dienone is 3. The minimum Gasteiger partial charge on any atom is -0.508 e. The highest BCUT2D eigenvalue weighted by Crippen LogP contribution is 2.29. The Balaban J connectivity index is 1.75. The van der Waals surface area contributed by atoms with E-state index in [2.05, 4.69) is 10.5 Å². The predicted molar refractivity (Wildman–Crippen MR) is 124 cm³/mol. The van der Waals surface area contributed by atoms with Crippen molar-refractivity contribution in [2.24, 2.45) is 5.16 Å². The Morgan fingerprint density at radius 3 is 2.67 bits per heavy atom. The van der Waals surface area contributed by atoms with Gasteiger partial charge in [-0.05, 0) is 49.8 Å². The molecule has 1 heterocycles. The third kappa shape index (κ3) is 7.97. The Hall–Kier alpha value is -3.29. The van der Waals surface area contributed by atoms with Crippen molar-refractivity contribution in [3.05, 3.63) is 47.6 Å². The molecule has 1 aromatic rings. The van der Waals surface area contributed by atoms with Crippen molar-refractivity contribution < 1.29 is 29.4 Å². The molecule has 178 valence electrons. The van der Waals surface area contributed by atoms with Crippen LogP contribution in [0.3, 0.4) is 0 Å². The lowest BCUT2D eigenvalue weighted by Crippen LogP contribution is -2.38. The van der Waals surface area contributed by atoms with Crippen LogP contribution in [0.2, 0.25) is 0 Å². The third-order valence-electron chi connectivity index (χ3n) is 5.60. The van der Waals surface area contributed by atoms with Crippen LogP contribution < -0.4 is 5.32 Å². The van der Waals surface area contributed by atoms with Gasteiger partial charge in [-0.3, -0.25) is 4.79 Å². The van der Waals surface area contributed by atoms with Crippen LogP contribution >= 0.6 is 0 Å². The summed E-state index contributed by atoms with van der Waals surface area (Å²) in [6.07, 6.45) is 15.3. The average Bonchev–Trinajstić information content (AvgIpc) is 2.77. The second-order valence-electron chi connectivity index (χ2n) is 8.31. The molecule has 0 unspecified atom stereocenters. The maximum atomic E-state index is 12.6. The number of phenolic OH excluding ortho intramolecular Hbond substituents is 2. The van der Waals surface area contributed by atoms with E-state index in [1.807, 2.05) is 18.2 Å². The van der Waals surface area contributed by atoms with Crippen LogP contribution in [0, 0.1) is 0 Å². The smallest absolute Gasteiger partial charge is 0.342 e. The number of hydrogen-bond acceptors (Lipinski definition) is 7. The molecular formula is C25H32N2O6. The van der Waals surface area contributed by atoms with Crippen molar-refractivity contribution in [2.45, 2.75) is 63.8 Å². The second kappa shape index (κ2) is 12.7. The number of fused-ring (bicyclic) bond motifs is 1. The number of carbonyl (C=O) groups excluding carboxylic acids is 2. The van der Waals surface area contributed by atoms with Gasteiger partial charge in [0.25, 0.3) is 5.91 Å². The number of carbonyl (C=O) groups is 2. The van der Waals surface area contributed by atoms with E-state index in [1.165, 1.54) is 12.5 Å². The lowest BCUT2D eigenvalue weighted by Gasteiger charge is -2.22. The van der Waals surface area contributed by atoms with Crippen LogP contribution in [0.5, 0.6) is 11.5 Å². The fourth-order valence-electron chi connectivity index (χ4n) is 3.99. The molecule has 8 heteroatoms. The molecule has 8 nitrogen and oxygen atoms in total. The topological polar surface area (TPSA) is 117 Å². The van der Waals surface area contributed by atoms with Crippen molar-refractivity contribution in [1.82, 2.24) is 5.32 Å².